The monoisotopic (exact) mass is 551 g/mol. The van der Waals surface area contributed by atoms with Gasteiger partial charge in [0.2, 0.25) is 20.0 Å². The van der Waals surface area contributed by atoms with E-state index in [0.717, 1.165) is 4.70 Å². The van der Waals surface area contributed by atoms with Crippen molar-refractivity contribution < 1.29 is 21.6 Å². The van der Waals surface area contributed by atoms with E-state index in [2.05, 4.69) is 35.6 Å². The second kappa shape index (κ2) is 9.11. The van der Waals surface area contributed by atoms with E-state index in [1.165, 1.54) is 30.6 Å². The fourth-order valence-electron chi connectivity index (χ4n) is 4.25. The van der Waals surface area contributed by atoms with Crippen molar-refractivity contribution in [3.63, 3.8) is 0 Å². The summed E-state index contributed by atoms with van der Waals surface area (Å²) >= 11 is 1.25. The van der Waals surface area contributed by atoms with E-state index >= 15 is 0 Å². The van der Waals surface area contributed by atoms with Crippen LogP contribution in [0.5, 0.6) is 0 Å². The van der Waals surface area contributed by atoms with Crippen LogP contribution in [0.1, 0.15) is 0 Å². The van der Waals surface area contributed by atoms with Gasteiger partial charge in [0.05, 0.1) is 27.9 Å². The molecule has 0 amide bonds. The zero-order valence-electron chi connectivity index (χ0n) is 18.7. The van der Waals surface area contributed by atoms with E-state index in [9.17, 15) is 16.8 Å². The number of aromatic amines is 1. The number of para-hydroxylation sites is 1. The van der Waals surface area contributed by atoms with Crippen LogP contribution in [0.4, 0.5) is 5.13 Å². The van der Waals surface area contributed by atoms with Crippen molar-refractivity contribution in [2.75, 3.05) is 25.9 Å². The lowest BCUT2D eigenvalue weighted by molar-refractivity contribution is 0.103. The highest BCUT2D eigenvalue weighted by Crippen LogP contribution is 2.41. The molecule has 0 saturated carbocycles. The van der Waals surface area contributed by atoms with Gasteiger partial charge in [-0.25, -0.2) is 36.8 Å². The Morgan fingerprint density at radius 3 is 2.64 bits per heavy atom. The van der Waals surface area contributed by atoms with Crippen molar-refractivity contribution >= 4 is 46.7 Å². The number of nitrogens with one attached hydrogen (secondary N) is 3. The number of hydrogen-bond acceptors (Lipinski definition) is 12. The Balaban J connectivity index is 1.79. The molecule has 0 aliphatic carbocycles. The molecule has 3 heterocycles. The molecule has 0 radical (unpaired) electrons. The first-order valence-corrected chi connectivity index (χ1v) is 14.3. The molecule has 1 aliphatic heterocycles. The van der Waals surface area contributed by atoms with Crippen molar-refractivity contribution in [3.05, 3.63) is 30.3 Å². The molecule has 0 bridgehead atoms. The van der Waals surface area contributed by atoms with E-state index in [4.69, 9.17) is 15.6 Å². The second-order valence-corrected chi connectivity index (χ2v) is 12.2. The largest absolute Gasteiger partial charge is 0.378 e. The van der Waals surface area contributed by atoms with Gasteiger partial charge in [0.1, 0.15) is 9.79 Å². The van der Waals surface area contributed by atoms with Gasteiger partial charge in [-0.15, -0.1) is 5.10 Å². The summed E-state index contributed by atoms with van der Waals surface area (Å²) in [4.78, 5) is 3.15. The van der Waals surface area contributed by atoms with E-state index in [-0.39, 0.29) is 11.4 Å². The molecule has 1 fully saturated rings. The molecule has 2 aromatic carbocycles. The van der Waals surface area contributed by atoms with Crippen LogP contribution in [0.2, 0.25) is 0 Å². The van der Waals surface area contributed by atoms with E-state index in [1.54, 1.807) is 12.1 Å². The maximum Gasteiger partial charge on any atom is 0.242 e. The molecular weight excluding hydrogens is 530 g/mol. The number of nitrogen functional groups attached to an aromatic ring is 1. The number of sulfonamides is 2. The second-order valence-electron chi connectivity index (χ2n) is 7.97. The molecule has 14 nitrogen and oxygen atoms in total. The van der Waals surface area contributed by atoms with E-state index < -0.39 is 42.0 Å². The van der Waals surface area contributed by atoms with E-state index in [1.807, 2.05) is 6.07 Å². The highest BCUT2D eigenvalue weighted by molar-refractivity contribution is 7.92. The van der Waals surface area contributed by atoms with Crippen LogP contribution in [0.15, 0.2) is 40.1 Å². The molecule has 2 atom stereocenters. The van der Waals surface area contributed by atoms with Crippen LogP contribution in [0, 0.1) is 0 Å². The molecule has 4 aromatic rings. The normalized spacial score (nSPS) is 18.7. The number of aromatic nitrogens is 5. The van der Waals surface area contributed by atoms with Crippen LogP contribution in [-0.2, 0) is 24.8 Å². The maximum absolute atomic E-state index is 13.5. The van der Waals surface area contributed by atoms with Gasteiger partial charge in [-0.2, -0.15) is 0 Å². The number of methoxy groups -OCH3 is 1. The molecule has 2 aromatic heterocycles. The zero-order valence-corrected chi connectivity index (χ0v) is 21.1. The number of ether oxygens (including phenoxy) is 1. The number of H-pyrrole nitrogens is 1. The molecule has 0 unspecified atom stereocenters. The highest BCUT2D eigenvalue weighted by Gasteiger charge is 2.36. The lowest BCUT2D eigenvalue weighted by Gasteiger charge is -2.21. The predicted molar refractivity (Wildman–Crippen MR) is 132 cm³/mol. The standard InChI is InChI=1S/C19H21N9O5S3/c1-33-12-8-22-7-11(12)26-36(31,32)14-6-5-9(10-3-2-4-13-16(10)23-19(20)34-13)15(17(14)35(21,29)30)18-24-27-28-25-18/h2-6,11-12,22,26H,7-8H2,1H3,(H2,20,23)(H2,21,29,30)(H,24,25,27,28)/t11-,12-/m0/s1. The number of thiazole rings is 1. The molecule has 1 aliphatic rings. The number of fused-ring (bicyclic) bond motifs is 1. The van der Waals surface area contributed by atoms with Gasteiger partial charge < -0.3 is 15.8 Å². The van der Waals surface area contributed by atoms with Crippen LogP contribution in [0.25, 0.3) is 32.7 Å². The number of anilines is 1. The minimum atomic E-state index is -4.63. The summed E-state index contributed by atoms with van der Waals surface area (Å²) in [5.41, 5.74) is 7.08. The molecule has 7 N–H and O–H groups in total. The summed E-state index contributed by atoms with van der Waals surface area (Å²) in [5.74, 6) is -0.0939. The van der Waals surface area contributed by atoms with Crippen LogP contribution in [-0.4, -0.2) is 74.8 Å². The van der Waals surface area contributed by atoms with Crippen molar-refractivity contribution in [3.8, 4) is 22.5 Å². The topological polar surface area (TPSA) is 221 Å². The molecule has 0 spiro atoms. The number of rotatable bonds is 7. The zero-order chi connectivity index (χ0) is 25.7. The Morgan fingerprint density at radius 1 is 1.14 bits per heavy atom. The lowest BCUT2D eigenvalue weighted by Crippen LogP contribution is -2.43. The SMILES string of the molecule is CO[C@H]1CNC[C@@H]1NS(=O)(=O)c1ccc(-c2cccc3sc(N)nc23)c(-c2nnn[nH]2)c1S(N)(=O)=O. The maximum atomic E-state index is 13.5. The minimum absolute atomic E-state index is 0.0939. The first-order valence-electron chi connectivity index (χ1n) is 10.5. The molecular formula is C19H21N9O5S3. The van der Waals surface area contributed by atoms with Crippen LogP contribution < -0.4 is 20.9 Å². The molecule has 190 valence electrons. The summed E-state index contributed by atoms with van der Waals surface area (Å²) in [6, 6.07) is 7.29. The number of nitrogens with zero attached hydrogens (tertiary/aromatic N) is 4. The lowest BCUT2D eigenvalue weighted by atomic mass is 9.98. The first-order chi connectivity index (χ1) is 17.1. The van der Waals surface area contributed by atoms with Gasteiger partial charge in [-0.1, -0.05) is 29.5 Å². The number of benzene rings is 2. The van der Waals surface area contributed by atoms with Gasteiger partial charge in [-0.3, -0.25) is 0 Å². The predicted octanol–water partition coefficient (Wildman–Crippen LogP) is -0.362. The third-order valence-electron chi connectivity index (χ3n) is 5.77. The van der Waals surface area contributed by atoms with Crippen molar-refractivity contribution in [2.24, 2.45) is 5.14 Å². The number of tetrazole rings is 1. The van der Waals surface area contributed by atoms with Gasteiger partial charge in [0.25, 0.3) is 0 Å². The number of hydrogen-bond donors (Lipinski definition) is 5. The molecule has 1 saturated heterocycles. The number of nitrogens with two attached hydrogens (primary N) is 2. The Bertz CT molecular complexity index is 1650. The highest BCUT2D eigenvalue weighted by atomic mass is 32.2. The fourth-order valence-corrected chi connectivity index (χ4v) is 7.88. The molecule has 17 heteroatoms. The number of primary sulfonamides is 1. The van der Waals surface area contributed by atoms with Gasteiger partial charge in [0.15, 0.2) is 11.0 Å². The summed E-state index contributed by atoms with van der Waals surface area (Å²) < 4.78 is 61.5. The Labute approximate surface area is 209 Å². The Kier molecular flexibility index (Phi) is 6.23. The summed E-state index contributed by atoms with van der Waals surface area (Å²) in [7, 11) is -7.56. The Morgan fingerprint density at radius 2 is 1.94 bits per heavy atom. The average Bonchev–Trinajstić information content (AvgIpc) is 3.57. The van der Waals surface area contributed by atoms with Crippen molar-refractivity contribution in [1.29, 1.82) is 0 Å². The third kappa shape index (κ3) is 4.34. The summed E-state index contributed by atoms with van der Waals surface area (Å²) in [6.07, 6.45) is -0.442. The summed E-state index contributed by atoms with van der Waals surface area (Å²) in [6.45, 7) is 0.729. The van der Waals surface area contributed by atoms with Gasteiger partial charge in [0, 0.05) is 25.8 Å². The third-order valence-corrected chi connectivity index (χ3v) is 9.28. The fraction of sp³-hybridized carbons (Fsp3) is 0.263. The smallest absolute Gasteiger partial charge is 0.242 e. The quantitative estimate of drug-likeness (QED) is 0.199. The van der Waals surface area contributed by atoms with Gasteiger partial charge in [-0.05, 0) is 28.1 Å². The van der Waals surface area contributed by atoms with Crippen LogP contribution in [0.3, 0.4) is 0 Å². The van der Waals surface area contributed by atoms with Crippen molar-refractivity contribution in [2.45, 2.75) is 21.9 Å². The summed E-state index contributed by atoms with van der Waals surface area (Å²) in [5, 5.41) is 22.4. The van der Waals surface area contributed by atoms with Crippen LogP contribution >= 0.6 is 11.3 Å². The Hall–Kier alpha value is -3.06. The van der Waals surface area contributed by atoms with Gasteiger partial charge >= 0.3 is 0 Å². The average molecular weight is 552 g/mol. The van der Waals surface area contributed by atoms with Crippen molar-refractivity contribution in [1.82, 2.24) is 35.6 Å². The first kappa shape index (κ1) is 24.6. The molecule has 36 heavy (non-hydrogen) atoms. The van der Waals surface area contributed by atoms with E-state index in [0.29, 0.717) is 34.9 Å². The minimum Gasteiger partial charge on any atom is -0.378 e. The molecule has 5 rings (SSSR count).